The van der Waals surface area contributed by atoms with Crippen molar-refractivity contribution in [2.75, 3.05) is 20.7 Å². The minimum atomic E-state index is -0.391. The first-order valence-corrected chi connectivity index (χ1v) is 7.88. The van der Waals surface area contributed by atoms with Gasteiger partial charge in [-0.1, -0.05) is 19.1 Å². The van der Waals surface area contributed by atoms with E-state index in [1.54, 1.807) is 13.0 Å². The zero-order chi connectivity index (χ0) is 18.3. The van der Waals surface area contributed by atoms with Gasteiger partial charge >= 0.3 is 5.97 Å². The van der Waals surface area contributed by atoms with Gasteiger partial charge in [0.15, 0.2) is 6.21 Å². The van der Waals surface area contributed by atoms with E-state index in [4.69, 9.17) is 4.74 Å². The van der Waals surface area contributed by atoms with Gasteiger partial charge in [0.1, 0.15) is 13.6 Å². The molecule has 24 heavy (non-hydrogen) atoms. The maximum absolute atomic E-state index is 11.9. The van der Waals surface area contributed by atoms with Crippen LogP contribution in [0.4, 0.5) is 0 Å². The summed E-state index contributed by atoms with van der Waals surface area (Å²) in [5.41, 5.74) is 2.82. The zero-order valence-corrected chi connectivity index (χ0v) is 15.0. The van der Waals surface area contributed by atoms with Crippen LogP contribution >= 0.6 is 0 Å². The zero-order valence-electron chi connectivity index (χ0n) is 15.0. The SMILES string of the molecule is CC/C=C(C)/C(=C\C=C(/C)C1=C(C(=O)OC)CC[N+](C)=C1)[N+](=O)[O-]. The summed E-state index contributed by atoms with van der Waals surface area (Å²) in [7, 11) is 3.28. The molecule has 0 unspecified atom stereocenters. The summed E-state index contributed by atoms with van der Waals surface area (Å²) >= 11 is 0. The van der Waals surface area contributed by atoms with Crippen molar-refractivity contribution >= 4 is 12.2 Å². The number of nitrogens with zero attached hydrogens (tertiary/aromatic N) is 2. The average Bonchev–Trinajstić information content (AvgIpc) is 2.53. The van der Waals surface area contributed by atoms with Crippen LogP contribution in [-0.2, 0) is 9.53 Å². The molecule has 0 N–H and O–H groups in total. The van der Waals surface area contributed by atoms with Gasteiger partial charge in [-0.15, -0.1) is 0 Å². The number of nitro groups is 1. The van der Waals surface area contributed by atoms with E-state index in [-0.39, 0.29) is 11.7 Å². The molecule has 0 aromatic carbocycles. The summed E-state index contributed by atoms with van der Waals surface area (Å²) in [6, 6.07) is 0. The second-order valence-electron chi connectivity index (χ2n) is 5.70. The fourth-order valence-electron chi connectivity index (χ4n) is 2.50. The van der Waals surface area contributed by atoms with Crippen molar-refractivity contribution in [2.45, 2.75) is 33.6 Å². The van der Waals surface area contributed by atoms with E-state index in [1.807, 2.05) is 37.8 Å². The molecule has 130 valence electrons. The van der Waals surface area contributed by atoms with E-state index in [2.05, 4.69) is 0 Å². The Hall–Kier alpha value is -2.50. The van der Waals surface area contributed by atoms with E-state index < -0.39 is 4.92 Å². The first-order chi connectivity index (χ1) is 11.3. The number of hydrogen-bond acceptors (Lipinski definition) is 4. The van der Waals surface area contributed by atoms with Gasteiger partial charge < -0.3 is 4.74 Å². The van der Waals surface area contributed by atoms with Crippen molar-refractivity contribution in [1.29, 1.82) is 0 Å². The molecule has 0 amide bonds. The smallest absolute Gasteiger partial charge is 0.334 e. The Balaban J connectivity index is 3.32. The topological polar surface area (TPSA) is 72.5 Å². The normalized spacial score (nSPS) is 16.9. The maximum atomic E-state index is 11.9. The molecule has 1 aliphatic heterocycles. The molecule has 0 radical (unpaired) electrons. The highest BCUT2D eigenvalue weighted by Crippen LogP contribution is 2.21. The summed E-state index contributed by atoms with van der Waals surface area (Å²) in [6.45, 7) is 6.22. The molecular weight excluding hydrogens is 308 g/mol. The summed E-state index contributed by atoms with van der Waals surface area (Å²) < 4.78 is 6.83. The van der Waals surface area contributed by atoms with Gasteiger partial charge in [0.05, 0.1) is 23.2 Å². The van der Waals surface area contributed by atoms with Crippen LogP contribution in [0.2, 0.25) is 0 Å². The number of allylic oxidation sites excluding steroid dienone is 6. The fourth-order valence-corrected chi connectivity index (χ4v) is 2.50. The lowest BCUT2D eigenvalue weighted by molar-refractivity contribution is -0.492. The quantitative estimate of drug-likeness (QED) is 0.246. The molecule has 6 nitrogen and oxygen atoms in total. The number of methoxy groups -OCH3 is 1. The van der Waals surface area contributed by atoms with Gasteiger partial charge in [-0.25, -0.2) is 9.37 Å². The van der Waals surface area contributed by atoms with Crippen LogP contribution < -0.4 is 0 Å². The van der Waals surface area contributed by atoms with Gasteiger partial charge in [-0.05, 0) is 25.8 Å². The molecule has 1 heterocycles. The van der Waals surface area contributed by atoms with Crippen LogP contribution in [0.25, 0.3) is 0 Å². The van der Waals surface area contributed by atoms with Crippen molar-refractivity contribution in [2.24, 2.45) is 0 Å². The third-order valence-electron chi connectivity index (χ3n) is 3.85. The molecule has 1 aliphatic rings. The van der Waals surface area contributed by atoms with Crippen molar-refractivity contribution < 1.29 is 19.0 Å². The molecule has 1 rings (SSSR count). The average molecular weight is 333 g/mol. The van der Waals surface area contributed by atoms with Crippen molar-refractivity contribution in [3.05, 3.63) is 56.3 Å². The molecule has 0 spiro atoms. The van der Waals surface area contributed by atoms with Gasteiger partial charge in [0.25, 0.3) is 5.70 Å². The van der Waals surface area contributed by atoms with Gasteiger partial charge in [-0.2, -0.15) is 0 Å². The van der Waals surface area contributed by atoms with Crippen LogP contribution in [0, 0.1) is 10.1 Å². The Labute approximate surface area is 142 Å². The number of ether oxygens (including phenoxy) is 1. The minimum Gasteiger partial charge on any atom is -0.466 e. The molecule has 6 heteroatoms. The third kappa shape index (κ3) is 5.01. The Kier molecular flexibility index (Phi) is 7.30. The van der Waals surface area contributed by atoms with Crippen molar-refractivity contribution in [3.8, 4) is 0 Å². The number of rotatable bonds is 6. The largest absolute Gasteiger partial charge is 0.466 e. The van der Waals surface area contributed by atoms with E-state index in [9.17, 15) is 14.9 Å². The van der Waals surface area contributed by atoms with Crippen LogP contribution in [0.1, 0.15) is 33.6 Å². The highest BCUT2D eigenvalue weighted by Gasteiger charge is 2.23. The number of esters is 1. The fraction of sp³-hybridized carbons (Fsp3) is 0.444. The molecule has 0 fully saturated rings. The Morgan fingerprint density at radius 2 is 2.08 bits per heavy atom. The molecule has 0 atom stereocenters. The Morgan fingerprint density at radius 1 is 1.42 bits per heavy atom. The highest BCUT2D eigenvalue weighted by molar-refractivity contribution is 5.98. The summed E-state index contributed by atoms with van der Waals surface area (Å²) in [6.07, 6.45) is 8.17. The van der Waals surface area contributed by atoms with E-state index in [0.717, 1.165) is 24.1 Å². The van der Waals surface area contributed by atoms with Gasteiger partial charge in [-0.3, -0.25) is 10.1 Å². The van der Waals surface area contributed by atoms with Crippen LogP contribution in [-0.4, -0.2) is 42.4 Å². The van der Waals surface area contributed by atoms with Gasteiger partial charge in [0.2, 0.25) is 0 Å². The molecule has 0 saturated heterocycles. The lowest BCUT2D eigenvalue weighted by atomic mass is 9.96. The van der Waals surface area contributed by atoms with Crippen molar-refractivity contribution in [3.63, 3.8) is 0 Å². The second kappa shape index (κ2) is 8.96. The number of carbonyl (C=O) groups is 1. The second-order valence-corrected chi connectivity index (χ2v) is 5.70. The lowest BCUT2D eigenvalue weighted by Gasteiger charge is -2.13. The third-order valence-corrected chi connectivity index (χ3v) is 3.85. The summed E-state index contributed by atoms with van der Waals surface area (Å²) in [5.74, 6) is -0.359. The van der Waals surface area contributed by atoms with Crippen LogP contribution in [0.15, 0.2) is 46.2 Å². The molecule has 0 bridgehead atoms. The predicted octanol–water partition coefficient (Wildman–Crippen LogP) is 3.04. The Morgan fingerprint density at radius 3 is 2.62 bits per heavy atom. The minimum absolute atomic E-state index is 0.0561. The van der Waals surface area contributed by atoms with E-state index in [0.29, 0.717) is 17.6 Å². The first-order valence-electron chi connectivity index (χ1n) is 7.88. The molecule has 0 aromatic rings. The first kappa shape index (κ1) is 19.5. The standard InChI is InChI=1S/C18H25N2O4/c1-6-7-14(3)17(20(22)23)9-8-13(2)16-12-19(4)11-10-15(16)18(21)24-5/h7-9,12H,6,10-11H2,1-5H3/q+1/b13-8+,14-7+,17-9+. The highest BCUT2D eigenvalue weighted by atomic mass is 16.6. The van der Waals surface area contributed by atoms with E-state index in [1.165, 1.54) is 13.2 Å². The summed E-state index contributed by atoms with van der Waals surface area (Å²) in [5, 5.41) is 11.2. The number of carbonyl (C=O) groups excluding carboxylic acids is 1. The maximum Gasteiger partial charge on any atom is 0.334 e. The monoisotopic (exact) mass is 333 g/mol. The summed E-state index contributed by atoms with van der Waals surface area (Å²) in [4.78, 5) is 22.8. The molecular formula is C18H25N2O4+. The van der Waals surface area contributed by atoms with Crippen molar-refractivity contribution in [1.82, 2.24) is 0 Å². The predicted molar refractivity (Wildman–Crippen MR) is 93.7 cm³/mol. The number of hydrogen-bond donors (Lipinski definition) is 0. The molecule has 0 saturated carbocycles. The van der Waals surface area contributed by atoms with Crippen LogP contribution in [0.5, 0.6) is 0 Å². The van der Waals surface area contributed by atoms with E-state index >= 15 is 0 Å². The molecule has 0 aromatic heterocycles. The lowest BCUT2D eigenvalue weighted by Crippen LogP contribution is -2.22. The van der Waals surface area contributed by atoms with Gasteiger partial charge in [0, 0.05) is 18.1 Å². The molecule has 0 aliphatic carbocycles. The van der Waals surface area contributed by atoms with Crippen LogP contribution in [0.3, 0.4) is 0 Å². The Bertz CT molecular complexity index is 679.